The summed E-state index contributed by atoms with van der Waals surface area (Å²) in [6, 6.07) is 7.47. The number of amides is 2. The molecule has 38 heavy (non-hydrogen) atoms. The lowest BCUT2D eigenvalue weighted by molar-refractivity contribution is -0.385. The molecule has 0 aromatic heterocycles. The van der Waals surface area contributed by atoms with Gasteiger partial charge >= 0.3 is 16.1 Å². The summed E-state index contributed by atoms with van der Waals surface area (Å²) in [5, 5.41) is 10.5. The highest BCUT2D eigenvalue weighted by Gasteiger charge is 2.36. The lowest BCUT2D eigenvalue weighted by Crippen LogP contribution is -2.34. The standard InChI is InChI=1S/C24H24N2O10S2/c1-14(2)13-35-22(27)12-25-23(28)21(37-24(25)29)10-16-6-8-19(20(9-16)34-4)36-38(32,33)17-7-5-15(3)18(11-17)26(30)31/h5-11,14H,12-13H2,1-4H3/b21-10-. The van der Waals surface area contributed by atoms with Crippen molar-refractivity contribution in [3.63, 3.8) is 0 Å². The maximum absolute atomic E-state index is 12.8. The van der Waals surface area contributed by atoms with Crippen LogP contribution < -0.4 is 8.92 Å². The Morgan fingerprint density at radius 3 is 2.50 bits per heavy atom. The Kier molecular flexibility index (Phi) is 8.78. The number of ether oxygens (including phenoxy) is 2. The van der Waals surface area contributed by atoms with Gasteiger partial charge in [0.1, 0.15) is 11.4 Å². The number of rotatable bonds is 10. The number of aryl methyl sites for hydroxylation is 1. The van der Waals surface area contributed by atoms with Crippen molar-refractivity contribution >= 4 is 50.8 Å². The number of nitro benzene ring substituents is 1. The summed E-state index contributed by atoms with van der Waals surface area (Å²) < 4.78 is 40.9. The van der Waals surface area contributed by atoms with E-state index in [1.807, 2.05) is 13.8 Å². The summed E-state index contributed by atoms with van der Waals surface area (Å²) in [7, 11) is -3.18. The molecule has 2 aromatic carbocycles. The molecule has 0 spiro atoms. The maximum atomic E-state index is 12.8. The number of nitrogens with zero attached hydrogens (tertiary/aromatic N) is 2. The molecular formula is C24H24N2O10S2. The van der Waals surface area contributed by atoms with Crippen LogP contribution in [0.3, 0.4) is 0 Å². The van der Waals surface area contributed by atoms with Crippen molar-refractivity contribution < 1.29 is 41.4 Å². The number of esters is 1. The Bertz CT molecular complexity index is 1430. The number of nitro groups is 1. The van der Waals surface area contributed by atoms with Gasteiger partial charge in [-0.15, -0.1) is 0 Å². The van der Waals surface area contributed by atoms with Gasteiger partial charge < -0.3 is 13.7 Å². The van der Waals surface area contributed by atoms with Crippen LogP contribution in [0.1, 0.15) is 25.0 Å². The second-order valence-electron chi connectivity index (χ2n) is 8.50. The largest absolute Gasteiger partial charge is 0.493 e. The number of imide groups is 1. The number of methoxy groups -OCH3 is 1. The minimum atomic E-state index is -4.45. The van der Waals surface area contributed by atoms with Crippen LogP contribution in [0.25, 0.3) is 6.08 Å². The van der Waals surface area contributed by atoms with Crippen LogP contribution in [0.4, 0.5) is 10.5 Å². The van der Waals surface area contributed by atoms with E-state index in [4.69, 9.17) is 13.7 Å². The first kappa shape index (κ1) is 28.7. The number of hydrogen-bond acceptors (Lipinski definition) is 11. The second kappa shape index (κ2) is 11.6. The topological polar surface area (TPSA) is 159 Å². The van der Waals surface area contributed by atoms with Gasteiger partial charge in [-0.25, -0.2) is 0 Å². The normalized spacial score (nSPS) is 14.8. The number of carbonyl (C=O) groups excluding carboxylic acids is 3. The summed E-state index contributed by atoms with van der Waals surface area (Å²) in [5.74, 6) is -1.50. The van der Waals surface area contributed by atoms with E-state index in [9.17, 15) is 32.9 Å². The molecule has 1 aliphatic rings. The molecule has 1 heterocycles. The van der Waals surface area contributed by atoms with Crippen molar-refractivity contribution in [2.75, 3.05) is 20.3 Å². The van der Waals surface area contributed by atoms with Gasteiger partial charge in [0, 0.05) is 11.6 Å². The molecule has 0 radical (unpaired) electrons. The molecular weight excluding hydrogens is 540 g/mol. The van der Waals surface area contributed by atoms with Crippen LogP contribution in [0.15, 0.2) is 46.2 Å². The lowest BCUT2D eigenvalue weighted by atomic mass is 10.2. The van der Waals surface area contributed by atoms with Gasteiger partial charge in [-0.2, -0.15) is 8.42 Å². The highest BCUT2D eigenvalue weighted by atomic mass is 32.2. The molecule has 0 bridgehead atoms. The molecule has 14 heteroatoms. The fraction of sp³-hybridized carbons (Fsp3) is 0.292. The Morgan fingerprint density at radius 1 is 1.16 bits per heavy atom. The molecule has 0 unspecified atom stereocenters. The van der Waals surface area contributed by atoms with E-state index in [1.54, 1.807) is 0 Å². The van der Waals surface area contributed by atoms with Gasteiger partial charge in [0.05, 0.1) is 23.5 Å². The SMILES string of the molecule is COc1cc(/C=C2\SC(=O)N(CC(=O)OCC(C)C)C2=O)ccc1OS(=O)(=O)c1ccc(C)c([N+](=O)[O-])c1. The quantitative estimate of drug-likeness (QED) is 0.135. The van der Waals surface area contributed by atoms with Crippen LogP contribution in [-0.4, -0.2) is 55.6 Å². The molecule has 202 valence electrons. The zero-order valence-corrected chi connectivity index (χ0v) is 22.5. The van der Waals surface area contributed by atoms with Crippen molar-refractivity contribution in [1.29, 1.82) is 0 Å². The number of carbonyl (C=O) groups is 3. The van der Waals surface area contributed by atoms with E-state index >= 15 is 0 Å². The van der Waals surface area contributed by atoms with Crippen molar-refractivity contribution in [3.8, 4) is 11.5 Å². The lowest BCUT2D eigenvalue weighted by Gasteiger charge is -2.13. The molecule has 0 N–H and O–H groups in total. The van der Waals surface area contributed by atoms with Gasteiger partial charge in [0.25, 0.3) is 16.8 Å². The fourth-order valence-electron chi connectivity index (χ4n) is 3.17. The molecule has 3 rings (SSSR count). The van der Waals surface area contributed by atoms with E-state index < -0.39 is 43.6 Å². The van der Waals surface area contributed by atoms with E-state index in [2.05, 4.69) is 0 Å². The molecule has 12 nitrogen and oxygen atoms in total. The summed E-state index contributed by atoms with van der Waals surface area (Å²) in [6.07, 6.45) is 1.38. The maximum Gasteiger partial charge on any atom is 0.339 e. The zero-order chi connectivity index (χ0) is 28.2. The summed E-state index contributed by atoms with van der Waals surface area (Å²) in [6.45, 7) is 4.83. The van der Waals surface area contributed by atoms with Crippen molar-refractivity contribution in [2.24, 2.45) is 5.92 Å². The van der Waals surface area contributed by atoms with Crippen LogP contribution in [0, 0.1) is 23.0 Å². The van der Waals surface area contributed by atoms with Crippen LogP contribution in [0.5, 0.6) is 11.5 Å². The number of hydrogen-bond donors (Lipinski definition) is 0. The summed E-state index contributed by atoms with van der Waals surface area (Å²) in [5.41, 5.74) is 0.289. The van der Waals surface area contributed by atoms with Gasteiger partial charge in [0.2, 0.25) is 0 Å². The third-order valence-corrected chi connectivity index (χ3v) is 7.23. The van der Waals surface area contributed by atoms with Crippen LogP contribution >= 0.6 is 11.8 Å². The third kappa shape index (κ3) is 6.69. The number of thioether (sulfide) groups is 1. The van der Waals surface area contributed by atoms with Crippen molar-refractivity contribution in [2.45, 2.75) is 25.7 Å². The molecule has 2 amide bonds. The van der Waals surface area contributed by atoms with Crippen molar-refractivity contribution in [3.05, 3.63) is 62.5 Å². The smallest absolute Gasteiger partial charge is 0.339 e. The zero-order valence-electron chi connectivity index (χ0n) is 20.8. The van der Waals surface area contributed by atoms with Gasteiger partial charge in [0.15, 0.2) is 11.5 Å². The first-order chi connectivity index (χ1) is 17.8. The minimum absolute atomic E-state index is 0.0135. The molecule has 2 aromatic rings. The third-order valence-electron chi connectivity index (χ3n) is 5.09. The Hall–Kier alpha value is -3.91. The highest BCUT2D eigenvalue weighted by Crippen LogP contribution is 2.35. The van der Waals surface area contributed by atoms with E-state index in [-0.39, 0.29) is 40.2 Å². The average Bonchev–Trinajstić information content (AvgIpc) is 3.10. The van der Waals surface area contributed by atoms with E-state index in [0.717, 1.165) is 11.0 Å². The number of benzene rings is 2. The Labute approximate surface area is 222 Å². The molecule has 1 aliphatic heterocycles. The average molecular weight is 565 g/mol. The second-order valence-corrected chi connectivity index (χ2v) is 11.0. The molecule has 0 saturated carbocycles. The summed E-state index contributed by atoms with van der Waals surface area (Å²) >= 11 is 0.640. The van der Waals surface area contributed by atoms with E-state index in [1.165, 1.54) is 50.4 Å². The van der Waals surface area contributed by atoms with Gasteiger partial charge in [-0.3, -0.25) is 29.4 Å². The molecule has 1 fully saturated rings. The summed E-state index contributed by atoms with van der Waals surface area (Å²) in [4.78, 5) is 47.8. The Balaban J connectivity index is 1.80. The first-order valence-corrected chi connectivity index (χ1v) is 13.3. The van der Waals surface area contributed by atoms with Gasteiger partial charge in [-0.05, 0) is 54.4 Å². The highest BCUT2D eigenvalue weighted by molar-refractivity contribution is 8.18. The van der Waals surface area contributed by atoms with Crippen LogP contribution in [-0.2, 0) is 24.4 Å². The fourth-order valence-corrected chi connectivity index (χ4v) is 4.97. The van der Waals surface area contributed by atoms with Crippen LogP contribution in [0.2, 0.25) is 0 Å². The predicted molar refractivity (Wildman–Crippen MR) is 137 cm³/mol. The van der Waals surface area contributed by atoms with Crippen molar-refractivity contribution in [1.82, 2.24) is 4.90 Å². The molecule has 1 saturated heterocycles. The van der Waals surface area contributed by atoms with Gasteiger partial charge in [-0.1, -0.05) is 26.0 Å². The van der Waals surface area contributed by atoms with E-state index in [0.29, 0.717) is 17.3 Å². The molecule has 0 atom stereocenters. The minimum Gasteiger partial charge on any atom is -0.493 e. The Morgan fingerprint density at radius 2 is 1.87 bits per heavy atom. The first-order valence-electron chi connectivity index (χ1n) is 11.1. The monoisotopic (exact) mass is 564 g/mol. The molecule has 0 aliphatic carbocycles. The predicted octanol–water partition coefficient (Wildman–Crippen LogP) is 3.92.